The van der Waals surface area contributed by atoms with Crippen molar-refractivity contribution in [3.63, 3.8) is 0 Å². The molecule has 0 spiro atoms. The molecule has 9 heteroatoms. The quantitative estimate of drug-likeness (QED) is 0.615. The van der Waals surface area contributed by atoms with Crippen LogP contribution in [0.4, 0.5) is 10.7 Å². The van der Waals surface area contributed by atoms with Gasteiger partial charge in [-0.15, -0.1) is 0 Å². The van der Waals surface area contributed by atoms with Crippen LogP contribution in [0, 0.1) is 10.1 Å². The molecular formula is C11H19N3O4S2. The molecule has 1 N–H and O–H groups in total. The van der Waals surface area contributed by atoms with Gasteiger partial charge in [0.1, 0.15) is 4.21 Å². The Morgan fingerprint density at radius 3 is 2.55 bits per heavy atom. The number of hydrogen-bond acceptors (Lipinski definition) is 6. The summed E-state index contributed by atoms with van der Waals surface area (Å²) < 4.78 is 26.1. The zero-order valence-corrected chi connectivity index (χ0v) is 13.5. The number of rotatable bonds is 7. The first-order chi connectivity index (χ1) is 9.25. The molecule has 1 heterocycles. The van der Waals surface area contributed by atoms with Gasteiger partial charge < -0.3 is 5.32 Å². The topological polar surface area (TPSA) is 92.5 Å². The van der Waals surface area contributed by atoms with E-state index in [0.717, 1.165) is 30.2 Å². The predicted molar refractivity (Wildman–Crippen MR) is 79.8 cm³/mol. The molecule has 1 aromatic rings. The van der Waals surface area contributed by atoms with Crippen LogP contribution in [-0.2, 0) is 10.0 Å². The molecular weight excluding hydrogens is 302 g/mol. The lowest BCUT2D eigenvalue weighted by Crippen LogP contribution is -2.34. The van der Waals surface area contributed by atoms with E-state index in [1.807, 2.05) is 13.8 Å². The summed E-state index contributed by atoms with van der Waals surface area (Å²) in [5.41, 5.74) is -0.215. The molecule has 0 radical (unpaired) electrons. The Balaban J connectivity index is 3.19. The van der Waals surface area contributed by atoms with E-state index in [-0.39, 0.29) is 20.9 Å². The molecule has 0 aliphatic carbocycles. The molecule has 0 aliphatic heterocycles. The number of nitro groups is 1. The van der Waals surface area contributed by atoms with Crippen LogP contribution in [0.15, 0.2) is 10.3 Å². The lowest BCUT2D eigenvalue weighted by atomic mass is 10.2. The third-order valence-corrected chi connectivity index (χ3v) is 6.64. The fraction of sp³-hybridized carbons (Fsp3) is 0.636. The van der Waals surface area contributed by atoms with Gasteiger partial charge in [0.25, 0.3) is 10.0 Å². The van der Waals surface area contributed by atoms with Crippen LogP contribution in [0.2, 0.25) is 0 Å². The average molecular weight is 321 g/mol. The Bertz CT molecular complexity index is 582. The second-order valence-corrected chi connectivity index (χ2v) is 7.72. The van der Waals surface area contributed by atoms with Crippen molar-refractivity contribution < 1.29 is 13.3 Å². The average Bonchev–Trinajstić information content (AvgIpc) is 2.82. The summed E-state index contributed by atoms with van der Waals surface area (Å²) in [6.45, 7) is 3.80. The zero-order chi connectivity index (χ0) is 15.5. The molecule has 0 saturated heterocycles. The highest BCUT2D eigenvalue weighted by Gasteiger charge is 2.30. The molecule has 0 amide bonds. The summed E-state index contributed by atoms with van der Waals surface area (Å²) in [6, 6.07) is 0.963. The van der Waals surface area contributed by atoms with Crippen molar-refractivity contribution in [3.05, 3.63) is 16.2 Å². The molecule has 7 nitrogen and oxygen atoms in total. The van der Waals surface area contributed by atoms with Gasteiger partial charge >= 0.3 is 5.69 Å². The zero-order valence-electron chi connectivity index (χ0n) is 11.9. The van der Waals surface area contributed by atoms with E-state index in [1.165, 1.54) is 18.4 Å². The summed E-state index contributed by atoms with van der Waals surface area (Å²) in [6.07, 6.45) is 1.61. The number of hydrogen-bond donors (Lipinski definition) is 1. The first-order valence-corrected chi connectivity index (χ1v) is 8.45. The normalized spacial score (nSPS) is 13.4. The van der Waals surface area contributed by atoms with E-state index in [1.54, 1.807) is 0 Å². The first-order valence-electron chi connectivity index (χ1n) is 6.19. The standard InChI is InChI=1S/C11H19N3O4S2/c1-5-6-8(2)13(4)20(17,18)10-7-9(14(15)16)11(12-3)19-10/h7-8,12H,5-6H2,1-4H3. The van der Waals surface area contributed by atoms with E-state index in [4.69, 9.17) is 0 Å². The van der Waals surface area contributed by atoms with Gasteiger partial charge in [-0.3, -0.25) is 10.1 Å². The van der Waals surface area contributed by atoms with E-state index in [9.17, 15) is 18.5 Å². The highest BCUT2D eigenvalue weighted by molar-refractivity contribution is 7.91. The second-order valence-electron chi connectivity index (χ2n) is 4.45. The van der Waals surface area contributed by atoms with Crippen LogP contribution in [-0.4, -0.2) is 37.8 Å². The minimum Gasteiger partial charge on any atom is -0.374 e. The minimum absolute atomic E-state index is 0.0148. The Labute approximate surface area is 122 Å². The summed E-state index contributed by atoms with van der Waals surface area (Å²) in [7, 11) is -0.672. The molecule has 1 rings (SSSR count). The van der Waals surface area contributed by atoms with Crippen LogP contribution in [0.5, 0.6) is 0 Å². The smallest absolute Gasteiger partial charge is 0.304 e. The second kappa shape index (κ2) is 6.51. The fourth-order valence-corrected chi connectivity index (χ4v) is 4.64. The van der Waals surface area contributed by atoms with Gasteiger partial charge in [0.05, 0.1) is 4.92 Å². The maximum atomic E-state index is 12.4. The number of nitrogens with one attached hydrogen (secondary N) is 1. The van der Waals surface area contributed by atoms with Crippen LogP contribution >= 0.6 is 11.3 Å². The largest absolute Gasteiger partial charge is 0.374 e. The molecule has 1 aromatic heterocycles. The van der Waals surface area contributed by atoms with Crippen molar-refractivity contribution in [2.24, 2.45) is 0 Å². The molecule has 1 atom stereocenters. The van der Waals surface area contributed by atoms with Gasteiger partial charge in [0.15, 0.2) is 5.00 Å². The Kier molecular flexibility index (Phi) is 5.49. The molecule has 0 fully saturated rings. The van der Waals surface area contributed by atoms with Crippen molar-refractivity contribution in [1.29, 1.82) is 0 Å². The predicted octanol–water partition coefficient (Wildman–Crippen LogP) is 2.51. The number of nitrogens with zero attached hydrogens (tertiary/aromatic N) is 2. The fourth-order valence-electron chi connectivity index (χ4n) is 1.78. The van der Waals surface area contributed by atoms with Crippen LogP contribution in [0.3, 0.4) is 0 Å². The molecule has 0 bridgehead atoms. The number of thiophene rings is 1. The monoisotopic (exact) mass is 321 g/mol. The summed E-state index contributed by atoms with van der Waals surface area (Å²) >= 11 is 0.876. The molecule has 0 aromatic carbocycles. The van der Waals surface area contributed by atoms with E-state index < -0.39 is 14.9 Å². The van der Waals surface area contributed by atoms with Gasteiger partial charge in [-0.25, -0.2) is 8.42 Å². The highest BCUT2D eigenvalue weighted by Crippen LogP contribution is 2.38. The molecule has 20 heavy (non-hydrogen) atoms. The molecule has 0 saturated carbocycles. The van der Waals surface area contributed by atoms with Crippen LogP contribution in [0.1, 0.15) is 26.7 Å². The van der Waals surface area contributed by atoms with Crippen LogP contribution in [0.25, 0.3) is 0 Å². The van der Waals surface area contributed by atoms with Gasteiger partial charge in [-0.05, 0) is 13.3 Å². The van der Waals surface area contributed by atoms with Crippen molar-refractivity contribution in [2.75, 3.05) is 19.4 Å². The molecule has 1 unspecified atom stereocenters. The Morgan fingerprint density at radius 2 is 2.15 bits per heavy atom. The Morgan fingerprint density at radius 1 is 1.55 bits per heavy atom. The summed E-state index contributed by atoms with van der Waals surface area (Å²) in [5.74, 6) is 0. The van der Waals surface area contributed by atoms with Gasteiger partial charge in [0.2, 0.25) is 0 Å². The highest BCUT2D eigenvalue weighted by atomic mass is 32.2. The lowest BCUT2D eigenvalue weighted by molar-refractivity contribution is -0.383. The van der Waals surface area contributed by atoms with Gasteiger partial charge in [0, 0.05) is 26.2 Å². The summed E-state index contributed by atoms with van der Waals surface area (Å²) in [5, 5.41) is 13.8. The van der Waals surface area contributed by atoms with Crippen molar-refractivity contribution in [1.82, 2.24) is 4.31 Å². The summed E-state index contributed by atoms with van der Waals surface area (Å²) in [4.78, 5) is 10.3. The maximum absolute atomic E-state index is 12.4. The SMILES string of the molecule is CCCC(C)N(C)S(=O)(=O)c1cc([N+](=O)[O-])c(NC)s1. The van der Waals surface area contributed by atoms with E-state index in [0.29, 0.717) is 0 Å². The minimum atomic E-state index is -3.70. The maximum Gasteiger partial charge on any atom is 0.304 e. The van der Waals surface area contributed by atoms with Gasteiger partial charge in [-0.1, -0.05) is 24.7 Å². The number of anilines is 1. The van der Waals surface area contributed by atoms with E-state index in [2.05, 4.69) is 5.32 Å². The first kappa shape index (κ1) is 16.9. The Hall–Kier alpha value is -1.19. The molecule has 0 aliphatic rings. The van der Waals surface area contributed by atoms with Gasteiger partial charge in [-0.2, -0.15) is 4.31 Å². The van der Waals surface area contributed by atoms with Crippen LogP contribution < -0.4 is 5.32 Å². The van der Waals surface area contributed by atoms with Crippen molar-refractivity contribution in [2.45, 2.75) is 36.9 Å². The molecule has 114 valence electrons. The third-order valence-electron chi connectivity index (χ3n) is 3.07. The lowest BCUT2D eigenvalue weighted by Gasteiger charge is -2.22. The van der Waals surface area contributed by atoms with Crippen molar-refractivity contribution in [3.8, 4) is 0 Å². The third kappa shape index (κ3) is 3.28. The van der Waals surface area contributed by atoms with E-state index >= 15 is 0 Å². The van der Waals surface area contributed by atoms with Crippen molar-refractivity contribution >= 4 is 32.0 Å². The number of sulfonamides is 1.